The van der Waals surface area contributed by atoms with Gasteiger partial charge in [-0.1, -0.05) is 35.1 Å². The van der Waals surface area contributed by atoms with Crippen LogP contribution in [0.1, 0.15) is 18.4 Å². The minimum Gasteiger partial charge on any atom is -0.352 e. The third kappa shape index (κ3) is 3.81. The first kappa shape index (κ1) is 17.2. The summed E-state index contributed by atoms with van der Waals surface area (Å²) in [7, 11) is 0. The molecule has 0 bridgehead atoms. The number of carbonyl (C=O) groups is 1. The molecule has 26 heavy (non-hydrogen) atoms. The third-order valence-electron chi connectivity index (χ3n) is 4.60. The number of carbonyl (C=O) groups excluding carboxylic acids is 1. The summed E-state index contributed by atoms with van der Waals surface area (Å²) in [5.41, 5.74) is 1.97. The Morgan fingerprint density at radius 2 is 2.15 bits per heavy atom. The summed E-state index contributed by atoms with van der Waals surface area (Å²) in [6.07, 6.45) is 3.68. The van der Waals surface area contributed by atoms with E-state index in [4.69, 9.17) is 11.6 Å². The van der Waals surface area contributed by atoms with Gasteiger partial charge in [0.25, 0.3) is 0 Å². The van der Waals surface area contributed by atoms with E-state index in [0.717, 1.165) is 40.4 Å². The number of amides is 1. The van der Waals surface area contributed by atoms with Gasteiger partial charge in [0.05, 0.1) is 5.92 Å². The van der Waals surface area contributed by atoms with Gasteiger partial charge in [-0.2, -0.15) is 0 Å². The minimum atomic E-state index is -0.0176. The van der Waals surface area contributed by atoms with Crippen LogP contribution < -0.4 is 10.2 Å². The second kappa shape index (κ2) is 7.60. The SMILES string of the molecule is O=C(NCc1ccc(Cl)cc1)[C@@H]1CCCN(c2nc3cccnc3s2)C1. The van der Waals surface area contributed by atoms with Crippen molar-refractivity contribution in [3.63, 3.8) is 0 Å². The first-order valence-electron chi connectivity index (χ1n) is 8.68. The Bertz CT molecular complexity index is 878. The van der Waals surface area contributed by atoms with Crippen LogP contribution in [0.4, 0.5) is 5.13 Å². The molecular formula is C19H19ClN4OS. The molecule has 3 aromatic rings. The van der Waals surface area contributed by atoms with E-state index in [9.17, 15) is 4.79 Å². The van der Waals surface area contributed by atoms with Crippen LogP contribution in [0.25, 0.3) is 10.3 Å². The highest BCUT2D eigenvalue weighted by molar-refractivity contribution is 7.21. The van der Waals surface area contributed by atoms with E-state index in [0.29, 0.717) is 18.1 Å². The minimum absolute atomic E-state index is 0.0176. The van der Waals surface area contributed by atoms with Gasteiger partial charge < -0.3 is 10.2 Å². The van der Waals surface area contributed by atoms with Crippen LogP contribution >= 0.6 is 22.9 Å². The number of anilines is 1. The Kier molecular flexibility index (Phi) is 5.04. The van der Waals surface area contributed by atoms with Crippen molar-refractivity contribution in [3.8, 4) is 0 Å². The molecule has 3 heterocycles. The van der Waals surface area contributed by atoms with Crippen molar-refractivity contribution in [2.75, 3.05) is 18.0 Å². The fourth-order valence-corrected chi connectivity index (χ4v) is 4.26. The molecule has 0 aliphatic carbocycles. The highest BCUT2D eigenvalue weighted by Crippen LogP contribution is 2.30. The first-order chi connectivity index (χ1) is 12.7. The van der Waals surface area contributed by atoms with Crippen LogP contribution in [0, 0.1) is 5.92 Å². The number of halogens is 1. The highest BCUT2D eigenvalue weighted by atomic mass is 35.5. The summed E-state index contributed by atoms with van der Waals surface area (Å²) >= 11 is 7.49. The number of hydrogen-bond donors (Lipinski definition) is 1. The molecule has 0 radical (unpaired) electrons. The summed E-state index contributed by atoms with van der Waals surface area (Å²) in [6, 6.07) is 11.4. The predicted molar refractivity (Wildman–Crippen MR) is 106 cm³/mol. The van der Waals surface area contributed by atoms with Gasteiger partial charge in [0.1, 0.15) is 10.3 Å². The molecule has 1 aliphatic rings. The number of rotatable bonds is 4. The van der Waals surface area contributed by atoms with Crippen LogP contribution in [0.15, 0.2) is 42.6 Å². The maximum Gasteiger partial charge on any atom is 0.225 e. The lowest BCUT2D eigenvalue weighted by Crippen LogP contribution is -2.42. The molecule has 5 nitrogen and oxygen atoms in total. The van der Waals surface area contributed by atoms with E-state index in [2.05, 4.69) is 20.2 Å². The van der Waals surface area contributed by atoms with Crippen molar-refractivity contribution in [1.29, 1.82) is 0 Å². The second-order valence-electron chi connectivity index (χ2n) is 6.45. The normalized spacial score (nSPS) is 17.4. The Hall–Kier alpha value is -2.18. The lowest BCUT2D eigenvalue weighted by Gasteiger charge is -2.31. The zero-order valence-electron chi connectivity index (χ0n) is 14.2. The molecule has 0 unspecified atom stereocenters. The maximum atomic E-state index is 12.6. The van der Waals surface area contributed by atoms with Crippen molar-refractivity contribution in [2.24, 2.45) is 5.92 Å². The number of aromatic nitrogens is 2. The molecule has 1 fully saturated rings. The summed E-state index contributed by atoms with van der Waals surface area (Å²) in [5.74, 6) is 0.0832. The number of hydrogen-bond acceptors (Lipinski definition) is 5. The smallest absolute Gasteiger partial charge is 0.225 e. The molecule has 1 aromatic carbocycles. The average Bonchev–Trinajstić information content (AvgIpc) is 3.12. The zero-order chi connectivity index (χ0) is 17.9. The van der Waals surface area contributed by atoms with E-state index in [1.807, 2.05) is 36.4 Å². The molecule has 7 heteroatoms. The summed E-state index contributed by atoms with van der Waals surface area (Å²) < 4.78 is 0. The van der Waals surface area contributed by atoms with E-state index < -0.39 is 0 Å². The van der Waals surface area contributed by atoms with Gasteiger partial charge in [0.15, 0.2) is 5.13 Å². The van der Waals surface area contributed by atoms with Crippen LogP contribution in [-0.4, -0.2) is 29.0 Å². The fraction of sp³-hybridized carbons (Fsp3) is 0.316. The second-order valence-corrected chi connectivity index (χ2v) is 7.85. The summed E-state index contributed by atoms with van der Waals surface area (Å²) in [5, 5.41) is 4.70. The van der Waals surface area contributed by atoms with Crippen molar-refractivity contribution in [3.05, 3.63) is 53.2 Å². The molecule has 1 N–H and O–H groups in total. The largest absolute Gasteiger partial charge is 0.352 e. The molecule has 134 valence electrons. The van der Waals surface area contributed by atoms with Gasteiger partial charge in [-0.25, -0.2) is 9.97 Å². The summed E-state index contributed by atoms with van der Waals surface area (Å²) in [6.45, 7) is 2.16. The zero-order valence-corrected chi connectivity index (χ0v) is 15.8. The van der Waals surface area contributed by atoms with E-state index >= 15 is 0 Å². The lowest BCUT2D eigenvalue weighted by atomic mass is 9.97. The van der Waals surface area contributed by atoms with Crippen LogP contribution in [0.3, 0.4) is 0 Å². The topological polar surface area (TPSA) is 58.1 Å². The van der Waals surface area contributed by atoms with Crippen LogP contribution in [-0.2, 0) is 11.3 Å². The Labute approximate surface area is 161 Å². The molecule has 1 atom stereocenters. The number of thiazole rings is 1. The Morgan fingerprint density at radius 3 is 2.96 bits per heavy atom. The highest BCUT2D eigenvalue weighted by Gasteiger charge is 2.27. The van der Waals surface area contributed by atoms with Gasteiger partial charge in [-0.15, -0.1) is 0 Å². The average molecular weight is 387 g/mol. The molecule has 1 amide bonds. The molecular weight excluding hydrogens is 368 g/mol. The Balaban J connectivity index is 1.39. The van der Waals surface area contributed by atoms with Crippen molar-refractivity contribution >= 4 is 44.3 Å². The lowest BCUT2D eigenvalue weighted by molar-refractivity contribution is -0.125. The monoisotopic (exact) mass is 386 g/mol. The van der Waals surface area contributed by atoms with E-state index in [-0.39, 0.29) is 11.8 Å². The third-order valence-corrected chi connectivity index (χ3v) is 5.89. The van der Waals surface area contributed by atoms with Gasteiger partial charge in [0, 0.05) is 30.9 Å². The van der Waals surface area contributed by atoms with Crippen LogP contribution in [0.2, 0.25) is 5.02 Å². The molecule has 1 aliphatic heterocycles. The molecule has 1 saturated heterocycles. The van der Waals surface area contributed by atoms with Crippen molar-refractivity contribution in [1.82, 2.24) is 15.3 Å². The van der Waals surface area contributed by atoms with Gasteiger partial charge in [-0.05, 0) is 42.7 Å². The number of nitrogens with zero attached hydrogens (tertiary/aromatic N) is 3. The standard InChI is InChI=1S/C19H19ClN4OS/c20-15-7-5-13(6-8-15)11-22-17(25)14-3-2-10-24(12-14)19-23-16-4-1-9-21-18(16)26-19/h1,4-9,14H,2-3,10-12H2,(H,22,25)/t14-/m1/s1. The Morgan fingerprint density at radius 1 is 1.31 bits per heavy atom. The first-order valence-corrected chi connectivity index (χ1v) is 9.87. The fourth-order valence-electron chi connectivity index (χ4n) is 3.19. The van der Waals surface area contributed by atoms with Crippen molar-refractivity contribution in [2.45, 2.75) is 19.4 Å². The quantitative estimate of drug-likeness (QED) is 0.739. The number of benzene rings is 1. The number of nitrogens with one attached hydrogen (secondary N) is 1. The maximum absolute atomic E-state index is 12.6. The number of pyridine rings is 1. The molecule has 0 spiro atoms. The van der Waals surface area contributed by atoms with Gasteiger partial charge >= 0.3 is 0 Å². The predicted octanol–water partition coefficient (Wildman–Crippen LogP) is 3.88. The number of piperidine rings is 1. The van der Waals surface area contributed by atoms with E-state index in [1.54, 1.807) is 17.5 Å². The molecule has 4 rings (SSSR count). The van der Waals surface area contributed by atoms with E-state index in [1.165, 1.54) is 0 Å². The van der Waals surface area contributed by atoms with Crippen LogP contribution in [0.5, 0.6) is 0 Å². The summed E-state index contributed by atoms with van der Waals surface area (Å²) in [4.78, 5) is 24.8. The molecule has 0 saturated carbocycles. The number of fused-ring (bicyclic) bond motifs is 1. The van der Waals surface area contributed by atoms with Gasteiger partial charge in [0.2, 0.25) is 5.91 Å². The van der Waals surface area contributed by atoms with Gasteiger partial charge in [-0.3, -0.25) is 4.79 Å². The van der Waals surface area contributed by atoms with Crippen molar-refractivity contribution < 1.29 is 4.79 Å². The molecule has 2 aromatic heterocycles.